The van der Waals surface area contributed by atoms with Gasteiger partial charge in [0.2, 0.25) is 23.6 Å². The van der Waals surface area contributed by atoms with Crippen LogP contribution in [-0.2, 0) is 30.4 Å². The number of benzene rings is 4. The zero-order valence-corrected chi connectivity index (χ0v) is 38.0. The van der Waals surface area contributed by atoms with Crippen molar-refractivity contribution in [2.24, 2.45) is 11.0 Å². The first-order valence-electron chi connectivity index (χ1n) is 22.7. The van der Waals surface area contributed by atoms with E-state index in [2.05, 4.69) is 36.8 Å². The first kappa shape index (κ1) is 48.0. The molecule has 17 heteroatoms. The molecule has 0 aromatic heterocycles. The number of carbonyl (C=O) groups excluding carboxylic acids is 4. The highest BCUT2D eigenvalue weighted by atomic mass is 32.2. The second-order valence-electron chi connectivity index (χ2n) is 16.9. The van der Waals surface area contributed by atoms with Gasteiger partial charge in [0, 0.05) is 64.8 Å². The predicted molar refractivity (Wildman–Crippen MR) is 255 cm³/mol. The van der Waals surface area contributed by atoms with Crippen molar-refractivity contribution in [1.82, 2.24) is 21.4 Å². The number of β-lactam (4-membered cyclic amide) rings is 1. The van der Waals surface area contributed by atoms with Crippen molar-refractivity contribution in [1.29, 1.82) is 0 Å². The van der Waals surface area contributed by atoms with Crippen molar-refractivity contribution >= 4 is 52.5 Å². The number of nitrogens with one attached hydrogen (secondary N) is 5. The summed E-state index contributed by atoms with van der Waals surface area (Å²) in [6.07, 6.45) is 4.73. The van der Waals surface area contributed by atoms with Crippen LogP contribution in [0.15, 0.2) is 108 Å². The zero-order chi connectivity index (χ0) is 46.3. The highest BCUT2D eigenvalue weighted by Gasteiger charge is 2.48. The number of fused-ring (bicyclic) bond motifs is 1. The summed E-state index contributed by atoms with van der Waals surface area (Å²) in [4.78, 5) is 63.2. The monoisotopic (exact) mass is 917 g/mol. The van der Waals surface area contributed by atoms with E-state index in [4.69, 9.17) is 15.1 Å². The number of carbonyl (C=O) groups is 4. The highest BCUT2D eigenvalue weighted by Crippen LogP contribution is 2.47. The summed E-state index contributed by atoms with van der Waals surface area (Å²) in [7, 11) is 1.61. The Hall–Kier alpha value is -5.94. The number of hydrogen-bond donors (Lipinski definition) is 6. The van der Waals surface area contributed by atoms with Gasteiger partial charge in [-0.2, -0.15) is 17.2 Å². The lowest BCUT2D eigenvalue weighted by Gasteiger charge is -2.48. The van der Waals surface area contributed by atoms with Crippen LogP contribution in [0, 0.1) is 5.92 Å². The molecule has 0 bridgehead atoms. The first-order chi connectivity index (χ1) is 32.2. The summed E-state index contributed by atoms with van der Waals surface area (Å²) in [5.74, 6) is 0.677. The van der Waals surface area contributed by atoms with Crippen LogP contribution >= 0.6 is 11.8 Å². The van der Waals surface area contributed by atoms with E-state index in [1.807, 2.05) is 78.5 Å². The summed E-state index contributed by atoms with van der Waals surface area (Å²) in [5, 5.41) is 27.2. The van der Waals surface area contributed by atoms with Crippen LogP contribution in [0.3, 0.4) is 0 Å². The van der Waals surface area contributed by atoms with Gasteiger partial charge in [0.05, 0.1) is 31.2 Å². The van der Waals surface area contributed by atoms with Crippen molar-refractivity contribution in [3.63, 3.8) is 0 Å². The van der Waals surface area contributed by atoms with Gasteiger partial charge in [-0.15, -0.1) is 0 Å². The topological polar surface area (TPSA) is 219 Å². The maximum Gasteiger partial charge on any atom is 0.242 e. The molecule has 0 radical (unpaired) electrons. The maximum absolute atomic E-state index is 13.7. The Bertz CT molecular complexity index is 2280. The summed E-state index contributed by atoms with van der Waals surface area (Å²) in [5.41, 5.74) is 16.2. The largest absolute Gasteiger partial charge is 0.497 e. The van der Waals surface area contributed by atoms with Crippen molar-refractivity contribution in [2.75, 3.05) is 36.4 Å². The van der Waals surface area contributed by atoms with Gasteiger partial charge in [-0.25, -0.2) is 0 Å². The van der Waals surface area contributed by atoms with Gasteiger partial charge >= 0.3 is 0 Å². The molecule has 0 spiro atoms. The van der Waals surface area contributed by atoms with Crippen LogP contribution in [-0.4, -0.2) is 78.2 Å². The number of hydrogen-bond acceptors (Lipinski definition) is 11. The Labute approximate surface area is 389 Å². The second-order valence-corrected chi connectivity index (χ2v) is 18.2. The van der Waals surface area contributed by atoms with Gasteiger partial charge in [-0.3, -0.25) is 29.3 Å². The second kappa shape index (κ2) is 24.0. The molecular formula is C49H59N9O7S. The fourth-order valence-corrected chi connectivity index (χ4v) is 10.4. The summed E-state index contributed by atoms with van der Waals surface area (Å²) >= 11 is 1.92. The van der Waals surface area contributed by atoms with Gasteiger partial charge in [0.1, 0.15) is 18.5 Å². The zero-order valence-electron chi connectivity index (χ0n) is 37.1. The van der Waals surface area contributed by atoms with Gasteiger partial charge in [0.15, 0.2) is 0 Å². The molecule has 0 aliphatic carbocycles. The molecule has 6 unspecified atom stereocenters. The third-order valence-electron chi connectivity index (χ3n) is 12.4. The molecule has 0 saturated carbocycles. The van der Waals surface area contributed by atoms with E-state index < -0.39 is 12.1 Å². The molecule has 16 nitrogen and oxygen atoms in total. The van der Waals surface area contributed by atoms with Gasteiger partial charge in [0.25, 0.3) is 0 Å². The molecule has 7 rings (SSSR count). The number of methoxy groups -OCH3 is 1. The van der Waals surface area contributed by atoms with E-state index in [1.165, 1.54) is 0 Å². The maximum atomic E-state index is 13.7. The van der Waals surface area contributed by atoms with Crippen molar-refractivity contribution in [3.8, 4) is 5.75 Å². The molecular weight excluding hydrogens is 859 g/mol. The molecule has 66 heavy (non-hydrogen) atoms. The van der Waals surface area contributed by atoms with Crippen LogP contribution in [0.5, 0.6) is 5.75 Å². The molecule has 4 aromatic rings. The minimum Gasteiger partial charge on any atom is -0.497 e. The quantitative estimate of drug-likeness (QED) is 0.0143. The van der Waals surface area contributed by atoms with Crippen molar-refractivity contribution < 1.29 is 33.9 Å². The van der Waals surface area contributed by atoms with Crippen molar-refractivity contribution in [3.05, 3.63) is 130 Å². The Balaban J connectivity index is 0.862. The summed E-state index contributed by atoms with van der Waals surface area (Å²) in [6.45, 7) is 0.804. The Morgan fingerprint density at radius 2 is 1.68 bits per heavy atom. The van der Waals surface area contributed by atoms with E-state index in [1.54, 1.807) is 48.4 Å². The molecule has 3 fully saturated rings. The van der Waals surface area contributed by atoms with E-state index in [-0.39, 0.29) is 54.5 Å². The molecule has 3 saturated heterocycles. The number of hydroxylamine groups is 1. The highest BCUT2D eigenvalue weighted by molar-refractivity contribution is 8.00. The van der Waals surface area contributed by atoms with Crippen LogP contribution < -0.4 is 36.4 Å². The van der Waals surface area contributed by atoms with Gasteiger partial charge in [-0.05, 0) is 97.1 Å². The Kier molecular flexibility index (Phi) is 17.5. The van der Waals surface area contributed by atoms with Crippen LogP contribution in [0.4, 0.5) is 17.1 Å². The predicted octanol–water partition coefficient (Wildman–Crippen LogP) is 7.30. The average molecular weight is 918 g/mol. The standard InChI is InChI=1S/C49H59N9O7S/c1-64-38-24-16-34(17-25-38)47-39(26-27-42(59)33-9-3-2-4-10-33)49(63)58(47)37-22-20-35(21-23-37)53-44(60)13-7-8-28-51-48(62)40(29-32-14-18-36(19-15-32)55-57-50)54-45(61)12-6-5-11-43-46-41(30-66-43)56-65-31-52-46/h2-4,9-10,14-25,39-43,46-47,52,56,59H,5-8,11-13,26-31H2,1H3,(H,51,62)(H,53,60)(H,54,61)/t39?,40?,41?,42-,43?,46?,47?/m0/s1. The smallest absolute Gasteiger partial charge is 0.242 e. The lowest BCUT2D eigenvalue weighted by molar-refractivity contribution is -0.131. The lowest BCUT2D eigenvalue weighted by Crippen LogP contribution is -2.56. The lowest BCUT2D eigenvalue weighted by atomic mass is 9.78. The number of aliphatic hydroxyl groups excluding tert-OH is 1. The third-order valence-corrected chi connectivity index (χ3v) is 14.0. The number of rotatable bonds is 23. The Morgan fingerprint density at radius 1 is 0.939 bits per heavy atom. The average Bonchev–Trinajstić information content (AvgIpc) is 3.76. The summed E-state index contributed by atoms with van der Waals surface area (Å²) < 4.78 is 5.37. The van der Waals surface area contributed by atoms with E-state index in [9.17, 15) is 24.3 Å². The number of anilines is 2. The Morgan fingerprint density at radius 3 is 2.42 bits per heavy atom. The van der Waals surface area contributed by atoms with E-state index >= 15 is 0 Å². The minimum absolute atomic E-state index is 0.0244. The van der Waals surface area contributed by atoms with Crippen LogP contribution in [0.25, 0.3) is 10.4 Å². The number of amides is 4. The van der Waals surface area contributed by atoms with Crippen molar-refractivity contribution in [2.45, 2.75) is 99.7 Å². The van der Waals surface area contributed by atoms with Crippen LogP contribution in [0.1, 0.15) is 86.6 Å². The number of ether oxygens (including phenoxy) is 1. The molecule has 3 heterocycles. The van der Waals surface area contributed by atoms with E-state index in [0.29, 0.717) is 80.2 Å². The molecule has 3 aliphatic heterocycles. The fourth-order valence-electron chi connectivity index (χ4n) is 8.87. The molecule has 6 N–H and O–H groups in total. The molecule has 4 aromatic carbocycles. The van der Waals surface area contributed by atoms with Crippen LogP contribution in [0.2, 0.25) is 0 Å². The normalized spacial score (nSPS) is 20.8. The molecule has 3 aliphatic rings. The fraction of sp³-hybridized carbons (Fsp3) is 0.429. The number of azide groups is 1. The molecule has 4 amide bonds. The molecule has 7 atom stereocenters. The number of thioether (sulfide) groups is 1. The number of aliphatic hydroxyl groups is 1. The minimum atomic E-state index is -0.811. The van der Waals surface area contributed by atoms with Gasteiger partial charge in [-0.1, -0.05) is 78.3 Å². The van der Waals surface area contributed by atoms with Gasteiger partial charge < -0.3 is 30.7 Å². The third kappa shape index (κ3) is 12.9. The van der Waals surface area contributed by atoms with E-state index in [0.717, 1.165) is 41.0 Å². The number of nitrogens with zero attached hydrogens (tertiary/aromatic N) is 4. The summed E-state index contributed by atoms with van der Waals surface area (Å²) in [6, 6.07) is 30.8. The number of unbranched alkanes of at least 4 members (excludes halogenated alkanes) is 2. The molecule has 348 valence electrons. The SMILES string of the molecule is COc1ccc(C2C(CC[C@H](O)c3ccccc3)C(=O)N2c2ccc(NC(=O)CCCCNC(=O)C(Cc3ccc(N=[N+]=[N-])cc3)NC(=O)CCCCC3SCC4NOCNC43)cc2)cc1. The first-order valence-corrected chi connectivity index (χ1v) is 23.8.